The van der Waals surface area contributed by atoms with Gasteiger partial charge in [-0.3, -0.25) is 9.59 Å². The molecule has 1 fully saturated rings. The lowest BCUT2D eigenvalue weighted by molar-refractivity contribution is -0.124. The Kier molecular flexibility index (Phi) is 6.12. The van der Waals surface area contributed by atoms with Crippen molar-refractivity contribution in [2.24, 2.45) is 5.92 Å². The lowest BCUT2D eigenvalue weighted by Crippen LogP contribution is -2.40. The van der Waals surface area contributed by atoms with Gasteiger partial charge >= 0.3 is 0 Å². The van der Waals surface area contributed by atoms with Gasteiger partial charge in [-0.25, -0.2) is 0 Å². The van der Waals surface area contributed by atoms with Crippen LogP contribution in [0.5, 0.6) is 0 Å². The van der Waals surface area contributed by atoms with Crippen LogP contribution in [0.3, 0.4) is 0 Å². The van der Waals surface area contributed by atoms with Gasteiger partial charge in [0.1, 0.15) is 6.10 Å². The van der Waals surface area contributed by atoms with Crippen LogP contribution in [0.4, 0.5) is 11.4 Å². The molecule has 126 valence electrons. The summed E-state index contributed by atoms with van der Waals surface area (Å²) < 4.78 is 4.98. The average molecular weight is 319 g/mol. The van der Waals surface area contributed by atoms with Gasteiger partial charge in [0.2, 0.25) is 5.91 Å². The van der Waals surface area contributed by atoms with E-state index >= 15 is 0 Å². The van der Waals surface area contributed by atoms with Crippen molar-refractivity contribution in [3.63, 3.8) is 0 Å². The lowest BCUT2D eigenvalue weighted by atomic mass is 9.92. The fourth-order valence-electron chi connectivity index (χ4n) is 2.64. The Hall–Kier alpha value is -1.92. The molecule has 0 radical (unpaired) electrons. The standard InChI is InChI=1S/C17H25N3O3/c1-11-9-13(7-8-18-11)17(22)20-15-6-4-5-14(10-15)19-16(21)12(2)23-3/h4-6,10-13,18H,7-9H2,1-3H3,(H,19,21)(H,20,22)/t11-,12?,13-/m0/s1. The number of ether oxygens (including phenoxy) is 1. The molecular formula is C17H25N3O3. The summed E-state index contributed by atoms with van der Waals surface area (Å²) in [5.74, 6) is -0.159. The van der Waals surface area contributed by atoms with Crippen LogP contribution >= 0.6 is 0 Å². The van der Waals surface area contributed by atoms with Crippen molar-refractivity contribution in [2.45, 2.75) is 38.8 Å². The van der Waals surface area contributed by atoms with E-state index in [0.717, 1.165) is 19.4 Å². The first-order valence-electron chi connectivity index (χ1n) is 7.97. The number of carbonyl (C=O) groups is 2. The highest BCUT2D eigenvalue weighted by Crippen LogP contribution is 2.20. The van der Waals surface area contributed by atoms with Gasteiger partial charge in [0, 0.05) is 30.4 Å². The second kappa shape index (κ2) is 8.08. The third-order valence-corrected chi connectivity index (χ3v) is 4.11. The maximum Gasteiger partial charge on any atom is 0.253 e. The van der Waals surface area contributed by atoms with E-state index in [-0.39, 0.29) is 17.7 Å². The number of anilines is 2. The number of amides is 2. The summed E-state index contributed by atoms with van der Waals surface area (Å²) in [5.41, 5.74) is 1.32. The van der Waals surface area contributed by atoms with Gasteiger partial charge < -0.3 is 20.7 Å². The van der Waals surface area contributed by atoms with Crippen molar-refractivity contribution < 1.29 is 14.3 Å². The molecule has 0 aliphatic carbocycles. The van der Waals surface area contributed by atoms with E-state index < -0.39 is 6.10 Å². The third kappa shape index (κ3) is 5.04. The van der Waals surface area contributed by atoms with Crippen LogP contribution in [0.25, 0.3) is 0 Å². The highest BCUT2D eigenvalue weighted by molar-refractivity contribution is 5.96. The fourth-order valence-corrected chi connectivity index (χ4v) is 2.64. The number of carbonyl (C=O) groups excluding carboxylic acids is 2. The van der Waals surface area contributed by atoms with E-state index in [1.54, 1.807) is 25.1 Å². The van der Waals surface area contributed by atoms with Gasteiger partial charge in [-0.15, -0.1) is 0 Å². The van der Waals surface area contributed by atoms with Gasteiger partial charge in [-0.1, -0.05) is 6.07 Å². The molecule has 0 aromatic heterocycles. The quantitative estimate of drug-likeness (QED) is 0.775. The predicted octanol–water partition coefficient (Wildman–Crippen LogP) is 1.99. The van der Waals surface area contributed by atoms with Crippen LogP contribution in [0.2, 0.25) is 0 Å². The molecule has 1 saturated heterocycles. The van der Waals surface area contributed by atoms with Crippen LogP contribution in [0, 0.1) is 5.92 Å². The normalized spacial score (nSPS) is 22.2. The molecule has 2 amide bonds. The van der Waals surface area contributed by atoms with Gasteiger partial charge in [0.05, 0.1) is 0 Å². The van der Waals surface area contributed by atoms with Gasteiger partial charge in [0.15, 0.2) is 0 Å². The van der Waals surface area contributed by atoms with Gasteiger partial charge in [0.25, 0.3) is 5.91 Å². The summed E-state index contributed by atoms with van der Waals surface area (Å²) in [6.07, 6.45) is 1.16. The first-order valence-corrected chi connectivity index (χ1v) is 7.97. The largest absolute Gasteiger partial charge is 0.372 e. The first-order chi connectivity index (χ1) is 11.0. The van der Waals surface area contributed by atoms with Crippen molar-refractivity contribution in [1.82, 2.24) is 5.32 Å². The van der Waals surface area contributed by atoms with Crippen molar-refractivity contribution in [3.05, 3.63) is 24.3 Å². The summed E-state index contributed by atoms with van der Waals surface area (Å²) >= 11 is 0. The molecule has 23 heavy (non-hydrogen) atoms. The summed E-state index contributed by atoms with van der Waals surface area (Å²) in [5, 5.41) is 9.05. The minimum Gasteiger partial charge on any atom is -0.372 e. The number of hydrogen-bond donors (Lipinski definition) is 3. The molecule has 1 aliphatic heterocycles. The molecule has 1 aromatic carbocycles. The minimum absolute atomic E-state index is 0.0259. The number of methoxy groups -OCH3 is 1. The Morgan fingerprint density at radius 1 is 1.30 bits per heavy atom. The molecule has 2 rings (SSSR count). The molecule has 0 bridgehead atoms. The maximum absolute atomic E-state index is 12.4. The maximum atomic E-state index is 12.4. The Morgan fingerprint density at radius 3 is 2.65 bits per heavy atom. The second-order valence-electron chi connectivity index (χ2n) is 6.01. The summed E-state index contributed by atoms with van der Waals surface area (Å²) in [7, 11) is 1.49. The lowest BCUT2D eigenvalue weighted by Gasteiger charge is -2.27. The molecule has 1 aliphatic rings. The number of rotatable bonds is 5. The van der Waals surface area contributed by atoms with E-state index in [1.807, 2.05) is 6.07 Å². The molecule has 1 unspecified atom stereocenters. The topological polar surface area (TPSA) is 79.5 Å². The van der Waals surface area contributed by atoms with Crippen molar-refractivity contribution in [2.75, 3.05) is 24.3 Å². The highest BCUT2D eigenvalue weighted by Gasteiger charge is 2.24. The van der Waals surface area contributed by atoms with Crippen LogP contribution in [0.1, 0.15) is 26.7 Å². The number of benzene rings is 1. The Balaban J connectivity index is 1.96. The third-order valence-electron chi connectivity index (χ3n) is 4.11. The molecule has 1 heterocycles. The minimum atomic E-state index is -0.524. The zero-order valence-electron chi connectivity index (χ0n) is 13.9. The van der Waals surface area contributed by atoms with Crippen LogP contribution in [0.15, 0.2) is 24.3 Å². The van der Waals surface area contributed by atoms with E-state index in [1.165, 1.54) is 7.11 Å². The molecule has 0 saturated carbocycles. The zero-order valence-corrected chi connectivity index (χ0v) is 13.9. The Morgan fingerprint density at radius 2 is 2.00 bits per heavy atom. The van der Waals surface area contributed by atoms with E-state index in [9.17, 15) is 9.59 Å². The summed E-state index contributed by atoms with van der Waals surface area (Å²) in [6, 6.07) is 7.51. The molecule has 0 spiro atoms. The Labute approximate surface area is 137 Å². The fraction of sp³-hybridized carbons (Fsp3) is 0.529. The van der Waals surface area contributed by atoms with Crippen molar-refractivity contribution >= 4 is 23.2 Å². The average Bonchev–Trinajstić information content (AvgIpc) is 2.54. The molecular weight excluding hydrogens is 294 g/mol. The number of piperidine rings is 1. The molecule has 3 N–H and O–H groups in total. The van der Waals surface area contributed by atoms with Gasteiger partial charge in [-0.05, 0) is 51.4 Å². The first kappa shape index (κ1) is 17.4. The second-order valence-corrected chi connectivity index (χ2v) is 6.01. The molecule has 6 heteroatoms. The Bertz CT molecular complexity index is 562. The van der Waals surface area contributed by atoms with Crippen LogP contribution in [-0.4, -0.2) is 37.6 Å². The van der Waals surface area contributed by atoms with E-state index in [4.69, 9.17) is 4.74 Å². The van der Waals surface area contributed by atoms with Crippen LogP contribution < -0.4 is 16.0 Å². The molecule has 6 nitrogen and oxygen atoms in total. The molecule has 1 aromatic rings. The summed E-state index contributed by atoms with van der Waals surface area (Å²) in [4.78, 5) is 24.2. The number of nitrogens with one attached hydrogen (secondary N) is 3. The highest BCUT2D eigenvalue weighted by atomic mass is 16.5. The molecule has 3 atom stereocenters. The predicted molar refractivity (Wildman–Crippen MR) is 90.4 cm³/mol. The van der Waals surface area contributed by atoms with E-state index in [2.05, 4.69) is 22.9 Å². The van der Waals surface area contributed by atoms with Crippen molar-refractivity contribution in [1.29, 1.82) is 0 Å². The van der Waals surface area contributed by atoms with Gasteiger partial charge in [-0.2, -0.15) is 0 Å². The smallest absolute Gasteiger partial charge is 0.253 e. The van der Waals surface area contributed by atoms with Crippen molar-refractivity contribution in [3.8, 4) is 0 Å². The summed E-state index contributed by atoms with van der Waals surface area (Å²) in [6.45, 7) is 4.63. The number of hydrogen-bond acceptors (Lipinski definition) is 4. The van der Waals surface area contributed by atoms with E-state index in [0.29, 0.717) is 17.4 Å². The SMILES string of the molecule is COC(C)C(=O)Nc1cccc(NC(=O)[C@H]2CCN[C@@H](C)C2)c1. The monoisotopic (exact) mass is 319 g/mol. The van der Waals surface area contributed by atoms with Crippen LogP contribution in [-0.2, 0) is 14.3 Å². The zero-order chi connectivity index (χ0) is 16.8.